The number of oxime groups is 1. The van der Waals surface area contributed by atoms with Gasteiger partial charge in [0, 0.05) is 30.2 Å². The van der Waals surface area contributed by atoms with E-state index in [-0.39, 0.29) is 24.9 Å². The lowest BCUT2D eigenvalue weighted by Crippen LogP contribution is -2.44. The summed E-state index contributed by atoms with van der Waals surface area (Å²) in [7, 11) is 0. The minimum atomic E-state index is -0.243. The summed E-state index contributed by atoms with van der Waals surface area (Å²) in [5.41, 5.74) is 4.35. The fraction of sp³-hybridized carbons (Fsp3) is 0.172. The van der Waals surface area contributed by atoms with E-state index in [1.165, 1.54) is 0 Å². The Kier molecular flexibility index (Phi) is 8.99. The molecular weight excluding hydrogens is 550 g/mol. The topological polar surface area (TPSA) is 52.9 Å². The number of benzene rings is 3. The maximum atomic E-state index is 13.6. The maximum Gasteiger partial charge on any atom is 0.226 e. The van der Waals surface area contributed by atoms with E-state index in [9.17, 15) is 10.0 Å². The van der Waals surface area contributed by atoms with Crippen molar-refractivity contribution in [3.8, 4) is 0 Å². The molecule has 8 heteroatoms. The Morgan fingerprint density at radius 1 is 0.865 bits per heavy atom. The highest BCUT2D eigenvalue weighted by molar-refractivity contribution is 6.42. The molecule has 3 aromatic carbocycles. The number of nitrogens with zero attached hydrogens (tertiary/aromatic N) is 2. The van der Waals surface area contributed by atoms with Crippen LogP contribution in [0, 0.1) is 5.92 Å². The third-order valence-electron chi connectivity index (χ3n) is 6.12. The van der Waals surface area contributed by atoms with Gasteiger partial charge in [-0.2, -0.15) is 0 Å². The first-order chi connectivity index (χ1) is 17.7. The molecule has 3 aromatic rings. The molecule has 1 N–H and O–H groups in total. The predicted molar refractivity (Wildman–Crippen MR) is 154 cm³/mol. The van der Waals surface area contributed by atoms with Crippen LogP contribution < -0.4 is 0 Å². The fourth-order valence-electron chi connectivity index (χ4n) is 4.31. The number of hydrogen-bond donors (Lipinski definition) is 1. The monoisotopic (exact) mass is 572 g/mol. The summed E-state index contributed by atoms with van der Waals surface area (Å²) in [4.78, 5) is 15.4. The van der Waals surface area contributed by atoms with Crippen LogP contribution in [0.25, 0.3) is 12.2 Å². The molecule has 1 fully saturated rings. The molecule has 1 atom stereocenters. The number of rotatable bonds is 5. The van der Waals surface area contributed by atoms with Gasteiger partial charge in [-0.15, -0.1) is 0 Å². The van der Waals surface area contributed by atoms with Gasteiger partial charge in [-0.1, -0.05) is 101 Å². The van der Waals surface area contributed by atoms with Crippen molar-refractivity contribution in [2.45, 2.75) is 13.3 Å². The molecule has 1 aliphatic heterocycles. The zero-order chi connectivity index (χ0) is 26.5. The Morgan fingerprint density at radius 3 is 1.84 bits per heavy atom. The quantitative estimate of drug-likeness (QED) is 0.246. The molecule has 4 rings (SSSR count). The molecule has 0 bridgehead atoms. The van der Waals surface area contributed by atoms with Crippen LogP contribution in [0.2, 0.25) is 20.1 Å². The molecule has 0 saturated carbocycles. The molecule has 0 radical (unpaired) electrons. The first-order valence-electron chi connectivity index (χ1n) is 11.6. The second-order valence-corrected chi connectivity index (χ2v) is 10.5. The van der Waals surface area contributed by atoms with Crippen molar-refractivity contribution in [3.05, 3.63) is 115 Å². The Hall–Kier alpha value is -2.76. The average molecular weight is 574 g/mol. The van der Waals surface area contributed by atoms with Crippen molar-refractivity contribution in [3.63, 3.8) is 0 Å². The van der Waals surface area contributed by atoms with E-state index < -0.39 is 0 Å². The van der Waals surface area contributed by atoms with Crippen LogP contribution in [0.3, 0.4) is 0 Å². The van der Waals surface area contributed by atoms with E-state index in [0.717, 1.165) is 16.7 Å². The lowest BCUT2D eigenvalue weighted by molar-refractivity contribution is -0.134. The number of amides is 1. The molecule has 4 nitrogen and oxygen atoms in total. The Bertz CT molecular complexity index is 1330. The Labute approximate surface area is 236 Å². The first-order valence-corrected chi connectivity index (χ1v) is 13.1. The van der Waals surface area contributed by atoms with Crippen LogP contribution in [0.15, 0.2) is 83.0 Å². The van der Waals surface area contributed by atoms with E-state index in [1.54, 1.807) is 29.2 Å². The molecule has 1 saturated heterocycles. The third-order valence-corrected chi connectivity index (χ3v) is 7.60. The lowest BCUT2D eigenvalue weighted by Gasteiger charge is -2.33. The highest BCUT2D eigenvalue weighted by Crippen LogP contribution is 2.29. The van der Waals surface area contributed by atoms with Crippen molar-refractivity contribution < 1.29 is 10.0 Å². The van der Waals surface area contributed by atoms with Gasteiger partial charge in [0.25, 0.3) is 0 Å². The van der Waals surface area contributed by atoms with Crippen LogP contribution in [-0.4, -0.2) is 34.8 Å². The lowest BCUT2D eigenvalue weighted by atomic mass is 9.91. The van der Waals surface area contributed by atoms with Crippen LogP contribution in [0.5, 0.6) is 0 Å². The average Bonchev–Trinajstić information content (AvgIpc) is 2.88. The number of halogens is 4. The van der Waals surface area contributed by atoms with Crippen molar-refractivity contribution in [1.82, 2.24) is 4.90 Å². The minimum absolute atomic E-state index is 0.000852. The molecular formula is C29H24Cl4N2O2. The molecule has 1 amide bonds. The molecule has 0 aromatic heterocycles. The number of hydrogen-bond acceptors (Lipinski definition) is 3. The summed E-state index contributed by atoms with van der Waals surface area (Å²) < 4.78 is 0. The molecule has 0 unspecified atom stereocenters. The van der Waals surface area contributed by atoms with Crippen LogP contribution >= 0.6 is 46.4 Å². The van der Waals surface area contributed by atoms with Gasteiger partial charge in [0.15, 0.2) is 0 Å². The van der Waals surface area contributed by atoms with Crippen molar-refractivity contribution in [2.24, 2.45) is 11.1 Å². The highest BCUT2D eigenvalue weighted by atomic mass is 35.5. The fourth-order valence-corrected chi connectivity index (χ4v) is 4.92. The van der Waals surface area contributed by atoms with E-state index in [0.29, 0.717) is 43.4 Å². The zero-order valence-corrected chi connectivity index (χ0v) is 23.0. The van der Waals surface area contributed by atoms with Crippen LogP contribution in [0.1, 0.15) is 23.6 Å². The van der Waals surface area contributed by atoms with Gasteiger partial charge in [0.05, 0.1) is 20.1 Å². The minimum Gasteiger partial charge on any atom is -0.410 e. The second-order valence-electron chi connectivity index (χ2n) is 8.92. The van der Waals surface area contributed by atoms with Crippen LogP contribution in [0.4, 0.5) is 0 Å². The number of carbonyl (C=O) groups excluding carboxylic acids is 1. The number of carbonyl (C=O) groups is 1. The molecule has 190 valence electrons. The normalized spacial score (nSPS) is 16.8. The van der Waals surface area contributed by atoms with Crippen LogP contribution in [-0.2, 0) is 11.2 Å². The third kappa shape index (κ3) is 6.77. The summed E-state index contributed by atoms with van der Waals surface area (Å²) in [6.45, 7) is 2.47. The SMILES string of the molecule is C[C@H](Cc1ccccc1)C(=O)N1C/C(=C\c2ccc(Cl)c(Cl)c2)C(=NO)/C(=C/c2ccc(Cl)c(Cl)c2)C1. The van der Waals surface area contributed by atoms with Gasteiger partial charge in [0.1, 0.15) is 5.71 Å². The smallest absolute Gasteiger partial charge is 0.226 e. The summed E-state index contributed by atoms with van der Waals surface area (Å²) in [5, 5.41) is 15.3. The van der Waals surface area contributed by atoms with Crippen molar-refractivity contribution in [1.29, 1.82) is 0 Å². The largest absolute Gasteiger partial charge is 0.410 e. The van der Waals surface area contributed by atoms with Crippen molar-refractivity contribution >= 4 is 70.2 Å². The highest BCUT2D eigenvalue weighted by Gasteiger charge is 2.30. The van der Waals surface area contributed by atoms with Gasteiger partial charge in [-0.25, -0.2) is 0 Å². The number of likely N-dealkylation sites (tertiary alicyclic amines) is 1. The van der Waals surface area contributed by atoms with Gasteiger partial charge < -0.3 is 10.1 Å². The van der Waals surface area contributed by atoms with Gasteiger partial charge >= 0.3 is 0 Å². The Balaban J connectivity index is 1.72. The molecule has 0 spiro atoms. The van der Waals surface area contributed by atoms with E-state index in [2.05, 4.69) is 5.16 Å². The van der Waals surface area contributed by atoms with E-state index in [4.69, 9.17) is 46.4 Å². The maximum absolute atomic E-state index is 13.6. The van der Waals surface area contributed by atoms with Gasteiger partial charge in [0.2, 0.25) is 5.91 Å². The molecule has 1 heterocycles. The summed E-state index contributed by atoms with van der Waals surface area (Å²) in [6, 6.07) is 20.4. The summed E-state index contributed by atoms with van der Waals surface area (Å²) in [6.07, 6.45) is 4.32. The summed E-state index contributed by atoms with van der Waals surface area (Å²) >= 11 is 24.6. The molecule has 37 heavy (non-hydrogen) atoms. The standard InChI is InChI=1S/C29H24Cl4N2O2/c1-18(11-19-5-3-2-4-6-19)29(36)35-16-22(12-20-7-9-24(30)26(32)14-20)28(34-37)23(17-35)13-21-8-10-25(31)27(33)15-21/h2-10,12-15,18,37H,11,16-17H2,1H3/b22-12+,23-13+/t18-/m1/s1. The van der Waals surface area contributed by atoms with Crippen molar-refractivity contribution in [2.75, 3.05) is 13.1 Å². The van der Waals surface area contributed by atoms with E-state index >= 15 is 0 Å². The molecule has 1 aliphatic rings. The molecule has 0 aliphatic carbocycles. The Morgan fingerprint density at radius 2 is 1.38 bits per heavy atom. The summed E-state index contributed by atoms with van der Waals surface area (Å²) in [5.74, 6) is -0.242. The zero-order valence-electron chi connectivity index (χ0n) is 20.0. The first kappa shape index (κ1) is 27.3. The number of piperidine rings is 1. The van der Waals surface area contributed by atoms with E-state index in [1.807, 2.05) is 61.5 Å². The van der Waals surface area contributed by atoms with Gasteiger partial charge in [-0.3, -0.25) is 4.79 Å². The van der Waals surface area contributed by atoms with Gasteiger partial charge in [-0.05, 0) is 59.5 Å². The second kappa shape index (κ2) is 12.2. The predicted octanol–water partition coefficient (Wildman–Crippen LogP) is 8.32.